The van der Waals surface area contributed by atoms with Crippen molar-refractivity contribution in [3.8, 4) is 0 Å². The molecule has 0 saturated carbocycles. The number of aryl methyl sites for hydroxylation is 1. The van der Waals surface area contributed by atoms with Crippen LogP contribution in [-0.2, 0) is 0 Å². The minimum Gasteiger partial charge on any atom is -0.398 e. The minimum absolute atomic E-state index is 0.236. The Morgan fingerprint density at radius 3 is 2.57 bits per heavy atom. The van der Waals surface area contributed by atoms with Crippen molar-refractivity contribution in [2.24, 2.45) is 0 Å². The largest absolute Gasteiger partial charge is 0.398 e. The van der Waals surface area contributed by atoms with E-state index >= 15 is 0 Å². The molecule has 3 rings (SSSR count). The number of aromatic nitrogens is 1. The number of carbonyl (C=O) groups is 1. The third-order valence-electron chi connectivity index (χ3n) is 3.28. The first-order valence-electron chi connectivity index (χ1n) is 6.67. The maximum Gasteiger partial charge on any atom is 0.274 e. The Balaban J connectivity index is 2.07. The van der Waals surface area contributed by atoms with Crippen molar-refractivity contribution in [2.45, 2.75) is 6.92 Å². The second kappa shape index (κ2) is 5.25. The van der Waals surface area contributed by atoms with Crippen LogP contribution >= 0.6 is 0 Å². The molecule has 1 amide bonds. The van der Waals surface area contributed by atoms with Crippen molar-refractivity contribution in [2.75, 3.05) is 11.1 Å². The smallest absolute Gasteiger partial charge is 0.274 e. The molecule has 3 aromatic rings. The molecule has 0 spiro atoms. The van der Waals surface area contributed by atoms with Crippen LogP contribution in [0.15, 0.2) is 54.6 Å². The first-order valence-corrected chi connectivity index (χ1v) is 6.67. The van der Waals surface area contributed by atoms with Crippen molar-refractivity contribution < 1.29 is 4.79 Å². The van der Waals surface area contributed by atoms with E-state index in [0.717, 1.165) is 22.2 Å². The Bertz CT molecular complexity index is 813. The maximum atomic E-state index is 12.5. The molecule has 0 aliphatic rings. The van der Waals surface area contributed by atoms with E-state index in [1.54, 1.807) is 0 Å². The summed E-state index contributed by atoms with van der Waals surface area (Å²) in [7, 11) is 0. The molecule has 0 saturated heterocycles. The number of benzene rings is 2. The van der Waals surface area contributed by atoms with Gasteiger partial charge in [-0.25, -0.2) is 4.98 Å². The summed E-state index contributed by atoms with van der Waals surface area (Å²) in [5.74, 6) is -0.236. The third-order valence-corrected chi connectivity index (χ3v) is 3.28. The van der Waals surface area contributed by atoms with E-state index in [0.29, 0.717) is 11.4 Å². The first kappa shape index (κ1) is 13.1. The molecule has 0 aliphatic heterocycles. The van der Waals surface area contributed by atoms with E-state index in [4.69, 9.17) is 5.73 Å². The summed E-state index contributed by atoms with van der Waals surface area (Å²) in [5.41, 5.74) is 8.52. The molecule has 1 heterocycles. The molecule has 104 valence electrons. The summed E-state index contributed by atoms with van der Waals surface area (Å²) in [6, 6.07) is 16.7. The Labute approximate surface area is 122 Å². The third kappa shape index (κ3) is 2.56. The fourth-order valence-electron chi connectivity index (χ4n) is 2.31. The highest BCUT2D eigenvalue weighted by Crippen LogP contribution is 2.24. The number of anilines is 2. The van der Waals surface area contributed by atoms with Crippen LogP contribution in [-0.4, -0.2) is 10.9 Å². The Hall–Kier alpha value is -2.88. The average Bonchev–Trinajstić information content (AvgIpc) is 2.48. The lowest BCUT2D eigenvalue weighted by Crippen LogP contribution is -2.15. The van der Waals surface area contributed by atoms with Gasteiger partial charge in [-0.3, -0.25) is 4.79 Å². The van der Waals surface area contributed by atoms with E-state index in [1.165, 1.54) is 0 Å². The van der Waals surface area contributed by atoms with Gasteiger partial charge in [0.1, 0.15) is 5.69 Å². The Kier molecular flexibility index (Phi) is 3.28. The second-order valence-electron chi connectivity index (χ2n) is 4.87. The van der Waals surface area contributed by atoms with Gasteiger partial charge in [0.15, 0.2) is 0 Å². The molecule has 4 nitrogen and oxygen atoms in total. The number of nitrogens with two attached hydrogens (primary N) is 1. The molecular formula is C17H15N3O. The van der Waals surface area contributed by atoms with E-state index < -0.39 is 0 Å². The quantitative estimate of drug-likeness (QED) is 0.706. The Morgan fingerprint density at radius 1 is 1.05 bits per heavy atom. The van der Waals surface area contributed by atoms with Crippen molar-refractivity contribution in [1.29, 1.82) is 0 Å². The average molecular weight is 277 g/mol. The molecule has 3 N–H and O–H groups in total. The van der Waals surface area contributed by atoms with Gasteiger partial charge >= 0.3 is 0 Å². The summed E-state index contributed by atoms with van der Waals surface area (Å²) >= 11 is 0. The van der Waals surface area contributed by atoms with Gasteiger partial charge in [-0.05, 0) is 31.2 Å². The zero-order valence-corrected chi connectivity index (χ0v) is 11.6. The second-order valence-corrected chi connectivity index (χ2v) is 4.87. The van der Waals surface area contributed by atoms with E-state index in [2.05, 4.69) is 10.3 Å². The minimum atomic E-state index is -0.236. The summed E-state index contributed by atoms with van der Waals surface area (Å²) in [6.45, 7) is 1.85. The van der Waals surface area contributed by atoms with Crippen LogP contribution in [0.5, 0.6) is 0 Å². The molecule has 0 unspecified atom stereocenters. The van der Waals surface area contributed by atoms with Crippen molar-refractivity contribution in [3.63, 3.8) is 0 Å². The van der Waals surface area contributed by atoms with Crippen LogP contribution in [0.2, 0.25) is 0 Å². The predicted molar refractivity (Wildman–Crippen MR) is 85.3 cm³/mol. The van der Waals surface area contributed by atoms with Crippen LogP contribution < -0.4 is 11.1 Å². The Morgan fingerprint density at radius 2 is 1.81 bits per heavy atom. The molecule has 0 atom stereocenters. The fraction of sp³-hybridized carbons (Fsp3) is 0.0588. The molecule has 4 heteroatoms. The van der Waals surface area contributed by atoms with Crippen molar-refractivity contribution in [3.05, 3.63) is 66.0 Å². The molecule has 0 fully saturated rings. The molecule has 1 aromatic heterocycles. The SMILES string of the molecule is Cc1cc2c(N)cccc2c(C(=O)Nc2ccccc2)n1. The van der Waals surface area contributed by atoms with Crippen molar-refractivity contribution >= 4 is 28.1 Å². The monoisotopic (exact) mass is 277 g/mol. The number of hydrogen-bond acceptors (Lipinski definition) is 3. The summed E-state index contributed by atoms with van der Waals surface area (Å²) in [4.78, 5) is 16.8. The lowest BCUT2D eigenvalue weighted by Gasteiger charge is -2.10. The van der Waals surface area contributed by atoms with Crippen molar-refractivity contribution in [1.82, 2.24) is 4.98 Å². The number of carbonyl (C=O) groups excluding carboxylic acids is 1. The summed E-state index contributed by atoms with van der Waals surface area (Å²) < 4.78 is 0. The summed E-state index contributed by atoms with van der Waals surface area (Å²) in [6.07, 6.45) is 0. The van der Waals surface area contributed by atoms with Gasteiger partial charge in [0, 0.05) is 27.8 Å². The maximum absolute atomic E-state index is 12.5. The normalized spacial score (nSPS) is 10.5. The van der Waals surface area contributed by atoms with Crippen LogP contribution in [0, 0.1) is 6.92 Å². The molecule has 0 bridgehead atoms. The van der Waals surface area contributed by atoms with E-state index in [1.807, 2.05) is 61.5 Å². The van der Waals surface area contributed by atoms with Gasteiger partial charge < -0.3 is 11.1 Å². The van der Waals surface area contributed by atoms with Gasteiger partial charge in [0.2, 0.25) is 0 Å². The zero-order valence-electron chi connectivity index (χ0n) is 11.6. The van der Waals surface area contributed by atoms with Gasteiger partial charge in [-0.2, -0.15) is 0 Å². The molecular weight excluding hydrogens is 262 g/mol. The van der Waals surface area contributed by atoms with Gasteiger partial charge in [0.05, 0.1) is 0 Å². The molecule has 21 heavy (non-hydrogen) atoms. The lowest BCUT2D eigenvalue weighted by molar-refractivity contribution is 0.102. The van der Waals surface area contributed by atoms with Gasteiger partial charge in [-0.15, -0.1) is 0 Å². The number of fused-ring (bicyclic) bond motifs is 1. The molecule has 0 aliphatic carbocycles. The number of para-hydroxylation sites is 1. The summed E-state index contributed by atoms with van der Waals surface area (Å²) in [5, 5.41) is 4.46. The highest BCUT2D eigenvalue weighted by Gasteiger charge is 2.14. The predicted octanol–water partition coefficient (Wildman–Crippen LogP) is 3.38. The fourth-order valence-corrected chi connectivity index (χ4v) is 2.31. The number of hydrogen-bond donors (Lipinski definition) is 2. The molecule has 0 radical (unpaired) electrons. The number of amides is 1. The number of nitrogens with zero attached hydrogens (tertiary/aromatic N) is 1. The first-order chi connectivity index (χ1) is 10.1. The van der Waals surface area contributed by atoms with Crippen LogP contribution in [0.3, 0.4) is 0 Å². The van der Waals surface area contributed by atoms with E-state index in [9.17, 15) is 4.79 Å². The van der Waals surface area contributed by atoms with Crippen LogP contribution in [0.1, 0.15) is 16.2 Å². The number of pyridine rings is 1. The van der Waals surface area contributed by atoms with Crippen LogP contribution in [0.4, 0.5) is 11.4 Å². The van der Waals surface area contributed by atoms with Gasteiger partial charge in [-0.1, -0.05) is 30.3 Å². The molecule has 2 aromatic carbocycles. The number of rotatable bonds is 2. The van der Waals surface area contributed by atoms with Crippen LogP contribution in [0.25, 0.3) is 10.8 Å². The van der Waals surface area contributed by atoms with Gasteiger partial charge in [0.25, 0.3) is 5.91 Å². The number of nitrogen functional groups attached to an aromatic ring is 1. The highest BCUT2D eigenvalue weighted by molar-refractivity contribution is 6.13. The zero-order chi connectivity index (χ0) is 14.8. The number of nitrogens with one attached hydrogen (secondary N) is 1. The van der Waals surface area contributed by atoms with E-state index in [-0.39, 0.29) is 5.91 Å². The topological polar surface area (TPSA) is 68.0 Å². The standard InChI is InChI=1S/C17H15N3O/c1-11-10-14-13(8-5-9-15(14)18)16(19-11)17(21)20-12-6-3-2-4-7-12/h2-10H,18H2,1H3,(H,20,21). The lowest BCUT2D eigenvalue weighted by atomic mass is 10.1. The highest BCUT2D eigenvalue weighted by atomic mass is 16.1.